The zero-order valence-electron chi connectivity index (χ0n) is 17.0. The third-order valence-corrected chi connectivity index (χ3v) is 7.61. The highest BCUT2D eigenvalue weighted by Gasteiger charge is 2.65. The van der Waals surface area contributed by atoms with Gasteiger partial charge in [-0.25, -0.2) is 13.2 Å². The van der Waals surface area contributed by atoms with E-state index in [0.29, 0.717) is 18.4 Å². The quantitative estimate of drug-likeness (QED) is 0.455. The van der Waals surface area contributed by atoms with Gasteiger partial charge in [0.1, 0.15) is 11.1 Å². The Bertz CT molecular complexity index is 1140. The van der Waals surface area contributed by atoms with Crippen LogP contribution in [0.3, 0.4) is 0 Å². The van der Waals surface area contributed by atoms with Crippen LogP contribution in [-0.2, 0) is 32.4 Å². The van der Waals surface area contributed by atoms with Gasteiger partial charge in [0.15, 0.2) is 0 Å². The number of alkyl halides is 3. The van der Waals surface area contributed by atoms with Crippen molar-refractivity contribution in [2.24, 2.45) is 0 Å². The first kappa shape index (κ1) is 24.0. The number of carbonyl (C=O) groups is 1. The predicted octanol–water partition coefficient (Wildman–Crippen LogP) is 3.71. The molecular weight excluding hydrogens is 467 g/mol. The highest BCUT2D eigenvalue weighted by atomic mass is 32.2. The van der Waals surface area contributed by atoms with Gasteiger partial charge in [0, 0.05) is 4.88 Å². The number of halogens is 3. The summed E-state index contributed by atoms with van der Waals surface area (Å²) in [4.78, 5) is 12.9. The van der Waals surface area contributed by atoms with E-state index >= 15 is 0 Å². The SMILES string of the molecule is CCOC(=O)C(Nc1sc2c(c1C#N)CCCC2)(NS(=O)(=O)c1ccccc1)C(F)(F)F. The van der Waals surface area contributed by atoms with E-state index in [1.54, 1.807) is 0 Å². The molecule has 0 radical (unpaired) electrons. The number of hydrogen-bond acceptors (Lipinski definition) is 7. The second kappa shape index (κ2) is 9.09. The maximum absolute atomic E-state index is 14.4. The third kappa shape index (κ3) is 4.46. The second-order valence-electron chi connectivity index (χ2n) is 7.04. The number of rotatable bonds is 7. The summed E-state index contributed by atoms with van der Waals surface area (Å²) in [6.07, 6.45) is -2.74. The van der Waals surface area contributed by atoms with Crippen LogP contribution >= 0.6 is 11.3 Å². The van der Waals surface area contributed by atoms with Gasteiger partial charge in [-0.3, -0.25) is 0 Å². The minimum Gasteiger partial charge on any atom is -0.463 e. The first-order chi connectivity index (χ1) is 15.1. The van der Waals surface area contributed by atoms with E-state index in [1.807, 2.05) is 11.4 Å². The van der Waals surface area contributed by atoms with Crippen molar-refractivity contribution in [3.8, 4) is 6.07 Å². The van der Waals surface area contributed by atoms with Crippen LogP contribution < -0.4 is 10.0 Å². The Morgan fingerprint density at radius 1 is 1.22 bits per heavy atom. The highest BCUT2D eigenvalue weighted by molar-refractivity contribution is 7.89. The molecule has 0 aliphatic heterocycles. The van der Waals surface area contributed by atoms with E-state index in [1.165, 1.54) is 29.8 Å². The lowest BCUT2D eigenvalue weighted by atomic mass is 9.96. The van der Waals surface area contributed by atoms with Gasteiger partial charge in [-0.05, 0) is 50.3 Å². The summed E-state index contributed by atoms with van der Waals surface area (Å²) >= 11 is 0.911. The lowest BCUT2D eigenvalue weighted by molar-refractivity contribution is -0.202. The number of hydrogen-bond donors (Lipinski definition) is 2. The molecule has 3 rings (SSSR count). The molecule has 12 heteroatoms. The molecule has 7 nitrogen and oxygen atoms in total. The van der Waals surface area contributed by atoms with Crippen molar-refractivity contribution in [2.45, 2.75) is 49.3 Å². The summed E-state index contributed by atoms with van der Waals surface area (Å²) in [7, 11) is -4.82. The van der Waals surface area contributed by atoms with Gasteiger partial charge in [0.2, 0.25) is 10.0 Å². The number of sulfonamides is 1. The molecular formula is C20H20F3N3O4S2. The maximum Gasteiger partial charge on any atom is 0.437 e. The van der Waals surface area contributed by atoms with Crippen molar-refractivity contribution in [3.05, 3.63) is 46.3 Å². The molecule has 0 amide bonds. The van der Waals surface area contributed by atoms with E-state index in [4.69, 9.17) is 0 Å². The smallest absolute Gasteiger partial charge is 0.437 e. The first-order valence-electron chi connectivity index (χ1n) is 9.71. The average molecular weight is 488 g/mol. The van der Waals surface area contributed by atoms with E-state index in [-0.39, 0.29) is 10.6 Å². The number of nitriles is 1. The Morgan fingerprint density at radius 3 is 2.47 bits per heavy atom. The zero-order chi connectivity index (χ0) is 23.6. The summed E-state index contributed by atoms with van der Waals surface area (Å²) in [6.45, 7) is 0.882. The summed E-state index contributed by atoms with van der Waals surface area (Å²) < 4.78 is 75.1. The molecule has 1 aromatic carbocycles. The van der Waals surface area contributed by atoms with E-state index in [2.05, 4.69) is 4.74 Å². The summed E-state index contributed by atoms with van der Waals surface area (Å²) in [5, 5.41) is 11.4. The van der Waals surface area contributed by atoms with E-state index < -0.39 is 39.3 Å². The van der Waals surface area contributed by atoms with Gasteiger partial charge < -0.3 is 10.1 Å². The topological polar surface area (TPSA) is 108 Å². The number of fused-ring (bicyclic) bond motifs is 1. The number of thiophene rings is 1. The molecule has 1 aromatic heterocycles. The van der Waals surface area contributed by atoms with Crippen LogP contribution in [0.1, 0.15) is 35.8 Å². The molecule has 0 bridgehead atoms. The van der Waals surface area contributed by atoms with E-state index in [0.717, 1.165) is 41.2 Å². The third-order valence-electron chi connectivity index (χ3n) is 4.93. The van der Waals surface area contributed by atoms with Gasteiger partial charge in [-0.15, -0.1) is 11.3 Å². The van der Waals surface area contributed by atoms with Gasteiger partial charge >= 0.3 is 12.1 Å². The molecule has 0 saturated carbocycles. The van der Waals surface area contributed by atoms with Crippen LogP contribution in [0.15, 0.2) is 35.2 Å². The van der Waals surface area contributed by atoms with Gasteiger partial charge in [0.25, 0.3) is 5.66 Å². The minimum absolute atomic E-state index is 0.0264. The largest absolute Gasteiger partial charge is 0.463 e. The van der Waals surface area contributed by atoms with Crippen LogP contribution in [0.4, 0.5) is 18.2 Å². The van der Waals surface area contributed by atoms with Gasteiger partial charge in [-0.2, -0.15) is 23.2 Å². The Hall–Kier alpha value is -2.62. The number of nitrogens with one attached hydrogen (secondary N) is 2. The lowest BCUT2D eigenvalue weighted by Crippen LogP contribution is -2.69. The number of carbonyl (C=O) groups excluding carboxylic acids is 1. The van der Waals surface area contributed by atoms with E-state index in [9.17, 15) is 31.6 Å². The minimum atomic E-state index is -5.45. The molecule has 1 unspecified atom stereocenters. The fourth-order valence-corrected chi connectivity index (χ4v) is 5.99. The molecule has 1 aliphatic rings. The summed E-state index contributed by atoms with van der Waals surface area (Å²) in [6, 6.07) is 8.25. The summed E-state index contributed by atoms with van der Waals surface area (Å²) in [5.74, 6) is -1.87. The first-order valence-corrected chi connectivity index (χ1v) is 12.0. The Labute approximate surface area is 187 Å². The standard InChI is InChI=1S/C20H20F3N3O4S2/c1-2-30-18(27)19(20(21,22)23,26-32(28,29)13-8-4-3-5-9-13)25-17-15(12-24)14-10-6-7-11-16(14)31-17/h3-5,8-9,25-26H,2,6-7,10-11H2,1H3. The van der Waals surface area contributed by atoms with Crippen molar-refractivity contribution in [1.82, 2.24) is 4.72 Å². The molecule has 0 saturated heterocycles. The number of nitrogens with zero attached hydrogens (tertiary/aromatic N) is 1. The zero-order valence-corrected chi connectivity index (χ0v) is 18.6. The molecule has 0 spiro atoms. The summed E-state index contributed by atoms with van der Waals surface area (Å²) in [5.41, 5.74) is -3.24. The fourth-order valence-electron chi connectivity index (χ4n) is 3.40. The van der Waals surface area contributed by atoms with Crippen molar-refractivity contribution in [1.29, 1.82) is 5.26 Å². The van der Waals surface area contributed by atoms with Crippen LogP contribution in [0, 0.1) is 11.3 Å². The molecule has 32 heavy (non-hydrogen) atoms. The van der Waals surface area contributed by atoms with Crippen molar-refractivity contribution < 1.29 is 31.1 Å². The van der Waals surface area contributed by atoms with Gasteiger partial charge in [0.05, 0.1) is 17.1 Å². The number of aryl methyl sites for hydroxylation is 1. The van der Waals surface area contributed by atoms with Crippen molar-refractivity contribution in [2.75, 3.05) is 11.9 Å². The monoisotopic (exact) mass is 487 g/mol. The van der Waals surface area contributed by atoms with Crippen molar-refractivity contribution >= 4 is 32.3 Å². The fraction of sp³-hybridized carbons (Fsp3) is 0.400. The number of anilines is 1. The Balaban J connectivity index is 2.16. The normalized spacial score (nSPS) is 15.8. The number of benzene rings is 1. The Kier molecular flexibility index (Phi) is 6.83. The molecule has 1 atom stereocenters. The van der Waals surface area contributed by atoms with Crippen LogP contribution in [-0.4, -0.2) is 32.8 Å². The molecule has 2 N–H and O–H groups in total. The Morgan fingerprint density at radius 2 is 1.88 bits per heavy atom. The van der Waals surface area contributed by atoms with Crippen LogP contribution in [0.25, 0.3) is 0 Å². The molecule has 1 aliphatic carbocycles. The second-order valence-corrected chi connectivity index (χ2v) is 9.83. The predicted molar refractivity (Wildman–Crippen MR) is 111 cm³/mol. The number of esters is 1. The number of ether oxygens (including phenoxy) is 1. The molecule has 0 fully saturated rings. The lowest BCUT2D eigenvalue weighted by Gasteiger charge is -2.34. The molecule has 2 aromatic rings. The highest BCUT2D eigenvalue weighted by Crippen LogP contribution is 2.42. The van der Waals surface area contributed by atoms with Crippen LogP contribution in [0.2, 0.25) is 0 Å². The van der Waals surface area contributed by atoms with Gasteiger partial charge in [-0.1, -0.05) is 18.2 Å². The molecule has 1 heterocycles. The molecule has 172 valence electrons. The average Bonchev–Trinajstić information content (AvgIpc) is 3.09. The maximum atomic E-state index is 14.4. The van der Waals surface area contributed by atoms with Crippen LogP contribution in [0.5, 0.6) is 0 Å². The van der Waals surface area contributed by atoms with Crippen molar-refractivity contribution in [3.63, 3.8) is 0 Å².